The first-order valence-corrected chi connectivity index (χ1v) is 10.8. The summed E-state index contributed by atoms with van der Waals surface area (Å²) in [6.45, 7) is 1.07. The van der Waals surface area contributed by atoms with Gasteiger partial charge in [0.2, 0.25) is 10.0 Å². The number of hydrogen-bond donors (Lipinski definition) is 0. The maximum Gasteiger partial charge on any atom is 0.252 e. The topological polar surface area (TPSA) is 85.5 Å². The van der Waals surface area contributed by atoms with Gasteiger partial charge in [0, 0.05) is 19.0 Å². The summed E-state index contributed by atoms with van der Waals surface area (Å²) in [6.07, 6.45) is 3.44. The lowest BCUT2D eigenvalue weighted by Crippen LogP contribution is -2.41. The van der Waals surface area contributed by atoms with E-state index in [0.717, 1.165) is 18.7 Å². The van der Waals surface area contributed by atoms with Crippen LogP contribution in [0.4, 0.5) is 4.39 Å². The minimum absolute atomic E-state index is 0.0291. The van der Waals surface area contributed by atoms with E-state index < -0.39 is 10.0 Å². The first kappa shape index (κ1) is 18.5. The van der Waals surface area contributed by atoms with E-state index in [9.17, 15) is 12.8 Å². The highest BCUT2D eigenvalue weighted by Gasteiger charge is 2.30. The zero-order chi connectivity index (χ0) is 18.9. The largest absolute Gasteiger partial charge is 0.368 e. The molecule has 1 aliphatic heterocycles. The van der Waals surface area contributed by atoms with E-state index in [1.54, 1.807) is 0 Å². The van der Waals surface area contributed by atoms with E-state index in [-0.39, 0.29) is 24.3 Å². The SMILES string of the molecule is O=S(=O)(Cc1ccc(F)cc1)N1CCC(OCc2nc(C3CC3)no2)CC1. The second-order valence-electron chi connectivity index (χ2n) is 7.11. The van der Waals surface area contributed by atoms with Gasteiger partial charge in [0.1, 0.15) is 12.4 Å². The Morgan fingerprint density at radius 1 is 1.15 bits per heavy atom. The molecule has 1 saturated carbocycles. The third-order valence-corrected chi connectivity index (χ3v) is 6.78. The van der Waals surface area contributed by atoms with Crippen molar-refractivity contribution in [1.29, 1.82) is 0 Å². The number of piperidine rings is 1. The van der Waals surface area contributed by atoms with Gasteiger partial charge in [0.25, 0.3) is 5.89 Å². The molecule has 2 fully saturated rings. The molecule has 2 aromatic rings. The first-order chi connectivity index (χ1) is 13.0. The molecule has 0 atom stereocenters. The molecular formula is C18H22FN3O4S. The number of sulfonamides is 1. The maximum absolute atomic E-state index is 13.0. The van der Waals surface area contributed by atoms with Gasteiger partial charge in [0.15, 0.2) is 5.82 Å². The minimum Gasteiger partial charge on any atom is -0.368 e. The third-order valence-electron chi connectivity index (χ3n) is 4.93. The van der Waals surface area contributed by atoms with E-state index in [4.69, 9.17) is 9.26 Å². The summed E-state index contributed by atoms with van der Waals surface area (Å²) in [4.78, 5) is 4.33. The second kappa shape index (κ2) is 7.65. The van der Waals surface area contributed by atoms with Gasteiger partial charge in [-0.25, -0.2) is 17.1 Å². The van der Waals surface area contributed by atoms with Gasteiger partial charge in [-0.2, -0.15) is 4.98 Å². The zero-order valence-electron chi connectivity index (χ0n) is 14.9. The summed E-state index contributed by atoms with van der Waals surface area (Å²) >= 11 is 0. The van der Waals surface area contributed by atoms with Gasteiger partial charge >= 0.3 is 0 Å². The molecule has 0 amide bonds. The Hall–Kier alpha value is -1.84. The van der Waals surface area contributed by atoms with Crippen LogP contribution in [0.25, 0.3) is 0 Å². The van der Waals surface area contributed by atoms with Crippen LogP contribution in [-0.2, 0) is 27.1 Å². The Balaban J connectivity index is 1.25. The molecule has 0 bridgehead atoms. The lowest BCUT2D eigenvalue weighted by Gasteiger charge is -2.30. The van der Waals surface area contributed by atoms with Crippen molar-refractivity contribution in [3.63, 3.8) is 0 Å². The van der Waals surface area contributed by atoms with Gasteiger partial charge in [-0.3, -0.25) is 0 Å². The van der Waals surface area contributed by atoms with E-state index in [2.05, 4.69) is 10.1 Å². The molecule has 146 valence electrons. The number of aromatic nitrogens is 2. The van der Waals surface area contributed by atoms with Crippen LogP contribution >= 0.6 is 0 Å². The van der Waals surface area contributed by atoms with Crippen LogP contribution in [0.1, 0.15) is 48.9 Å². The lowest BCUT2D eigenvalue weighted by molar-refractivity contribution is -0.00120. The number of rotatable bonds is 7. The Labute approximate surface area is 157 Å². The Bertz CT molecular complexity index is 872. The quantitative estimate of drug-likeness (QED) is 0.716. The second-order valence-corrected chi connectivity index (χ2v) is 9.08. The summed E-state index contributed by atoms with van der Waals surface area (Å²) in [7, 11) is -3.42. The van der Waals surface area contributed by atoms with Crippen molar-refractivity contribution < 1.29 is 22.1 Å². The van der Waals surface area contributed by atoms with Crippen molar-refractivity contribution in [3.05, 3.63) is 47.4 Å². The van der Waals surface area contributed by atoms with Crippen molar-refractivity contribution in [3.8, 4) is 0 Å². The molecule has 0 spiro atoms. The maximum atomic E-state index is 13.0. The van der Waals surface area contributed by atoms with Crippen LogP contribution in [0.3, 0.4) is 0 Å². The summed E-state index contributed by atoms with van der Waals surface area (Å²) in [6, 6.07) is 5.56. The number of benzene rings is 1. The van der Waals surface area contributed by atoms with Crippen molar-refractivity contribution >= 4 is 10.0 Å². The average Bonchev–Trinajstić information content (AvgIpc) is 3.40. The molecule has 1 aromatic heterocycles. The standard InChI is InChI=1S/C18H22FN3O4S/c19-15-5-1-13(2-6-15)12-27(23,24)22-9-7-16(8-10-22)25-11-17-20-18(21-26-17)14-3-4-14/h1-2,5-6,14,16H,3-4,7-12H2. The highest BCUT2D eigenvalue weighted by atomic mass is 32.2. The molecule has 0 unspecified atom stereocenters. The Morgan fingerprint density at radius 2 is 1.85 bits per heavy atom. The predicted octanol–water partition coefficient (Wildman–Crippen LogP) is 2.60. The molecule has 2 aliphatic rings. The van der Waals surface area contributed by atoms with Crippen LogP contribution in [0, 0.1) is 5.82 Å². The fraction of sp³-hybridized carbons (Fsp3) is 0.556. The van der Waals surface area contributed by atoms with Gasteiger partial charge in [0.05, 0.1) is 11.9 Å². The van der Waals surface area contributed by atoms with Crippen LogP contribution < -0.4 is 0 Å². The van der Waals surface area contributed by atoms with Crippen molar-refractivity contribution in [2.45, 2.75) is 50.1 Å². The van der Waals surface area contributed by atoms with Gasteiger partial charge in [-0.1, -0.05) is 17.3 Å². The van der Waals surface area contributed by atoms with E-state index in [1.165, 1.54) is 28.6 Å². The normalized spacial score (nSPS) is 19.4. The van der Waals surface area contributed by atoms with Crippen LogP contribution in [0.5, 0.6) is 0 Å². The molecule has 1 aliphatic carbocycles. The molecule has 0 radical (unpaired) electrons. The van der Waals surface area contributed by atoms with Gasteiger partial charge in [-0.15, -0.1) is 0 Å². The summed E-state index contributed by atoms with van der Waals surface area (Å²) in [5, 5.41) is 3.95. The van der Waals surface area contributed by atoms with E-state index in [1.807, 2.05) is 0 Å². The zero-order valence-corrected chi connectivity index (χ0v) is 15.7. The fourth-order valence-electron chi connectivity index (χ4n) is 3.18. The molecule has 1 saturated heterocycles. The van der Waals surface area contributed by atoms with Crippen LogP contribution in [0.2, 0.25) is 0 Å². The highest BCUT2D eigenvalue weighted by molar-refractivity contribution is 7.88. The Morgan fingerprint density at radius 3 is 2.52 bits per heavy atom. The Kier molecular flexibility index (Phi) is 5.25. The number of nitrogens with zero attached hydrogens (tertiary/aromatic N) is 3. The average molecular weight is 395 g/mol. The van der Waals surface area contributed by atoms with Crippen molar-refractivity contribution in [2.75, 3.05) is 13.1 Å². The molecule has 27 heavy (non-hydrogen) atoms. The minimum atomic E-state index is -3.42. The molecule has 1 aromatic carbocycles. The predicted molar refractivity (Wildman–Crippen MR) is 94.7 cm³/mol. The third kappa shape index (κ3) is 4.72. The van der Waals surface area contributed by atoms with Crippen LogP contribution in [0.15, 0.2) is 28.8 Å². The first-order valence-electron chi connectivity index (χ1n) is 9.16. The smallest absolute Gasteiger partial charge is 0.252 e. The molecule has 7 nitrogen and oxygen atoms in total. The summed E-state index contributed by atoms with van der Waals surface area (Å²) < 4.78 is 50.6. The monoisotopic (exact) mass is 395 g/mol. The van der Waals surface area contributed by atoms with Crippen molar-refractivity contribution in [1.82, 2.24) is 14.4 Å². The molecule has 9 heteroatoms. The number of ether oxygens (including phenoxy) is 1. The number of halogens is 1. The van der Waals surface area contributed by atoms with Crippen molar-refractivity contribution in [2.24, 2.45) is 0 Å². The summed E-state index contributed by atoms with van der Waals surface area (Å²) in [5.41, 5.74) is 0.581. The lowest BCUT2D eigenvalue weighted by atomic mass is 10.1. The van der Waals surface area contributed by atoms with E-state index >= 15 is 0 Å². The molecular weight excluding hydrogens is 373 g/mol. The van der Waals surface area contributed by atoms with E-state index in [0.29, 0.717) is 43.3 Å². The molecule has 4 rings (SSSR count). The van der Waals surface area contributed by atoms with Gasteiger partial charge < -0.3 is 9.26 Å². The highest BCUT2D eigenvalue weighted by Crippen LogP contribution is 2.38. The fourth-order valence-corrected chi connectivity index (χ4v) is 4.75. The molecule has 2 heterocycles. The van der Waals surface area contributed by atoms with Gasteiger partial charge in [-0.05, 0) is 43.4 Å². The summed E-state index contributed by atoms with van der Waals surface area (Å²) in [5.74, 6) is 1.18. The molecule has 0 N–H and O–H groups in total. The van der Waals surface area contributed by atoms with Crippen LogP contribution in [-0.4, -0.2) is 42.1 Å². The number of hydrogen-bond acceptors (Lipinski definition) is 6.